The molecule has 2 N–H and O–H groups in total. The van der Waals surface area contributed by atoms with E-state index in [1.807, 2.05) is 39.0 Å². The molecule has 0 aliphatic carbocycles. The van der Waals surface area contributed by atoms with Crippen LogP contribution >= 0.6 is 11.6 Å². The van der Waals surface area contributed by atoms with Crippen LogP contribution < -0.4 is 10.6 Å². The van der Waals surface area contributed by atoms with E-state index in [2.05, 4.69) is 16.7 Å². The standard InChI is InChI=1S/C17H25ClN2O2/c1-16(2,3)22-15(21)20-12-17(7-9-19-10-8-17)13-5-4-6-14(18)11-13/h4-6,11,19H,7-10,12H2,1-3H3,(H,20,21). The van der Waals surface area contributed by atoms with Crippen molar-refractivity contribution < 1.29 is 9.53 Å². The number of carbonyl (C=O) groups is 1. The van der Waals surface area contributed by atoms with Crippen LogP contribution in [0.4, 0.5) is 4.79 Å². The lowest BCUT2D eigenvalue weighted by Gasteiger charge is -2.38. The van der Waals surface area contributed by atoms with Crippen LogP contribution in [0.5, 0.6) is 0 Å². The Morgan fingerprint density at radius 1 is 1.36 bits per heavy atom. The first-order chi connectivity index (χ1) is 10.3. The fourth-order valence-electron chi connectivity index (χ4n) is 2.85. The highest BCUT2D eigenvalue weighted by Gasteiger charge is 2.34. The van der Waals surface area contributed by atoms with Crippen molar-refractivity contribution in [1.29, 1.82) is 0 Å². The molecule has 0 radical (unpaired) electrons. The van der Waals surface area contributed by atoms with Crippen LogP contribution in [0.2, 0.25) is 5.02 Å². The molecular formula is C17H25ClN2O2. The molecular weight excluding hydrogens is 300 g/mol. The summed E-state index contributed by atoms with van der Waals surface area (Å²) in [5.74, 6) is 0. The lowest BCUT2D eigenvalue weighted by Crippen LogP contribution is -2.48. The average Bonchev–Trinajstić information content (AvgIpc) is 2.44. The molecule has 0 unspecified atom stereocenters. The van der Waals surface area contributed by atoms with Crippen molar-refractivity contribution >= 4 is 17.7 Å². The number of halogens is 1. The van der Waals surface area contributed by atoms with Crippen LogP contribution in [0.25, 0.3) is 0 Å². The second kappa shape index (κ2) is 6.88. The summed E-state index contributed by atoms with van der Waals surface area (Å²) in [4.78, 5) is 12.0. The Balaban J connectivity index is 2.11. The average molecular weight is 325 g/mol. The van der Waals surface area contributed by atoms with Gasteiger partial charge in [0, 0.05) is 17.0 Å². The van der Waals surface area contributed by atoms with Gasteiger partial charge in [0.25, 0.3) is 0 Å². The van der Waals surface area contributed by atoms with E-state index in [4.69, 9.17) is 16.3 Å². The molecule has 0 aromatic heterocycles. The number of amides is 1. The Hall–Kier alpha value is -1.26. The summed E-state index contributed by atoms with van der Waals surface area (Å²) in [6.07, 6.45) is 1.55. The van der Waals surface area contributed by atoms with Crippen LogP contribution in [0.3, 0.4) is 0 Å². The van der Waals surface area contributed by atoms with E-state index in [9.17, 15) is 4.79 Å². The van der Waals surface area contributed by atoms with E-state index in [0.717, 1.165) is 31.0 Å². The van der Waals surface area contributed by atoms with E-state index in [1.165, 1.54) is 5.56 Å². The number of hydrogen-bond acceptors (Lipinski definition) is 3. The van der Waals surface area contributed by atoms with Crippen LogP contribution in [0.15, 0.2) is 24.3 Å². The fourth-order valence-corrected chi connectivity index (χ4v) is 3.04. The molecule has 1 aliphatic heterocycles. The summed E-state index contributed by atoms with van der Waals surface area (Å²) in [5, 5.41) is 7.04. The number of piperidine rings is 1. The molecule has 1 aliphatic rings. The van der Waals surface area contributed by atoms with E-state index < -0.39 is 5.60 Å². The molecule has 22 heavy (non-hydrogen) atoms. The maximum Gasteiger partial charge on any atom is 0.407 e. The summed E-state index contributed by atoms with van der Waals surface area (Å²) in [7, 11) is 0. The molecule has 5 heteroatoms. The van der Waals surface area contributed by atoms with Crippen molar-refractivity contribution in [2.75, 3.05) is 19.6 Å². The van der Waals surface area contributed by atoms with Gasteiger partial charge in [-0.25, -0.2) is 4.79 Å². The smallest absolute Gasteiger partial charge is 0.407 e. The minimum Gasteiger partial charge on any atom is -0.444 e. The lowest BCUT2D eigenvalue weighted by molar-refractivity contribution is 0.0509. The quantitative estimate of drug-likeness (QED) is 0.895. The summed E-state index contributed by atoms with van der Waals surface area (Å²) < 4.78 is 5.34. The zero-order valence-corrected chi connectivity index (χ0v) is 14.3. The van der Waals surface area contributed by atoms with Gasteiger partial charge in [0.2, 0.25) is 0 Å². The second-order valence-electron chi connectivity index (χ2n) is 6.90. The van der Waals surface area contributed by atoms with Gasteiger partial charge in [-0.2, -0.15) is 0 Å². The summed E-state index contributed by atoms with van der Waals surface area (Å²) in [6, 6.07) is 7.94. The molecule has 122 valence electrons. The molecule has 2 rings (SSSR count). The van der Waals surface area contributed by atoms with Crippen molar-refractivity contribution in [3.8, 4) is 0 Å². The Labute approximate surface area is 137 Å². The zero-order chi connectivity index (χ0) is 16.2. The third-order valence-corrected chi connectivity index (χ3v) is 4.20. The van der Waals surface area contributed by atoms with Crippen LogP contribution in [-0.4, -0.2) is 31.3 Å². The molecule has 0 saturated carbocycles. The predicted octanol–water partition coefficient (Wildman–Crippen LogP) is 3.49. The molecule has 4 nitrogen and oxygen atoms in total. The summed E-state index contributed by atoms with van der Waals surface area (Å²) in [6.45, 7) is 8.02. The normalized spacial score (nSPS) is 17.8. The number of alkyl carbamates (subject to hydrolysis) is 1. The molecule has 0 atom stereocenters. The number of benzene rings is 1. The van der Waals surface area contributed by atoms with Gasteiger partial charge in [-0.3, -0.25) is 0 Å². The topological polar surface area (TPSA) is 50.4 Å². The Morgan fingerprint density at radius 2 is 2.05 bits per heavy atom. The SMILES string of the molecule is CC(C)(C)OC(=O)NCC1(c2cccc(Cl)c2)CCNCC1. The van der Waals surface area contributed by atoms with Gasteiger partial charge in [-0.1, -0.05) is 23.7 Å². The van der Waals surface area contributed by atoms with Crippen molar-refractivity contribution in [2.24, 2.45) is 0 Å². The highest BCUT2D eigenvalue weighted by atomic mass is 35.5. The predicted molar refractivity (Wildman–Crippen MR) is 89.5 cm³/mol. The molecule has 1 aromatic rings. The van der Waals surface area contributed by atoms with Crippen molar-refractivity contribution in [1.82, 2.24) is 10.6 Å². The van der Waals surface area contributed by atoms with E-state index in [-0.39, 0.29) is 11.5 Å². The third kappa shape index (κ3) is 4.62. The van der Waals surface area contributed by atoms with Crippen LogP contribution in [0.1, 0.15) is 39.2 Å². The number of ether oxygens (including phenoxy) is 1. The largest absolute Gasteiger partial charge is 0.444 e. The van der Waals surface area contributed by atoms with Crippen LogP contribution in [0, 0.1) is 0 Å². The Bertz CT molecular complexity index is 520. The molecule has 0 bridgehead atoms. The zero-order valence-electron chi connectivity index (χ0n) is 13.5. The molecule has 1 saturated heterocycles. The number of nitrogens with one attached hydrogen (secondary N) is 2. The van der Waals surface area contributed by atoms with Gasteiger partial charge < -0.3 is 15.4 Å². The monoisotopic (exact) mass is 324 g/mol. The van der Waals surface area contributed by atoms with E-state index >= 15 is 0 Å². The Kier molecular flexibility index (Phi) is 5.35. The minimum absolute atomic E-state index is 0.0902. The maximum atomic E-state index is 12.0. The first-order valence-corrected chi connectivity index (χ1v) is 8.12. The fraction of sp³-hybridized carbons (Fsp3) is 0.588. The first-order valence-electron chi connectivity index (χ1n) is 7.74. The third-order valence-electron chi connectivity index (χ3n) is 3.97. The second-order valence-corrected chi connectivity index (χ2v) is 7.33. The molecule has 1 heterocycles. The van der Waals surface area contributed by atoms with E-state index in [1.54, 1.807) is 0 Å². The first kappa shape index (κ1) is 17.1. The number of carbonyl (C=O) groups excluding carboxylic acids is 1. The van der Waals surface area contributed by atoms with Gasteiger partial charge in [-0.15, -0.1) is 0 Å². The maximum absolute atomic E-state index is 12.0. The van der Waals surface area contributed by atoms with Gasteiger partial charge in [0.1, 0.15) is 5.60 Å². The van der Waals surface area contributed by atoms with Crippen molar-refractivity contribution in [3.63, 3.8) is 0 Å². The summed E-state index contributed by atoms with van der Waals surface area (Å²) in [5.41, 5.74) is 0.603. The molecule has 1 amide bonds. The van der Waals surface area contributed by atoms with Gasteiger partial charge in [0.15, 0.2) is 0 Å². The number of hydrogen-bond donors (Lipinski definition) is 2. The van der Waals surface area contributed by atoms with Gasteiger partial charge >= 0.3 is 6.09 Å². The van der Waals surface area contributed by atoms with Crippen molar-refractivity contribution in [2.45, 2.75) is 44.6 Å². The summed E-state index contributed by atoms with van der Waals surface area (Å²) >= 11 is 6.15. The van der Waals surface area contributed by atoms with Crippen LogP contribution in [-0.2, 0) is 10.2 Å². The highest BCUT2D eigenvalue weighted by molar-refractivity contribution is 6.30. The molecule has 1 fully saturated rings. The highest BCUT2D eigenvalue weighted by Crippen LogP contribution is 2.34. The van der Waals surface area contributed by atoms with E-state index in [0.29, 0.717) is 6.54 Å². The minimum atomic E-state index is -0.485. The van der Waals surface area contributed by atoms with Gasteiger partial charge in [0.05, 0.1) is 0 Å². The lowest BCUT2D eigenvalue weighted by atomic mass is 9.73. The Morgan fingerprint density at radius 3 is 2.64 bits per heavy atom. The van der Waals surface area contributed by atoms with Gasteiger partial charge in [-0.05, 0) is 64.4 Å². The number of rotatable bonds is 3. The molecule has 0 spiro atoms. The van der Waals surface area contributed by atoms with Crippen molar-refractivity contribution in [3.05, 3.63) is 34.9 Å². The molecule has 1 aromatic carbocycles.